The number of hydrogen-bond acceptors (Lipinski definition) is 4. The van der Waals surface area contributed by atoms with E-state index in [9.17, 15) is 13.2 Å². The summed E-state index contributed by atoms with van der Waals surface area (Å²) in [7, 11) is -3.69. The molecule has 0 aromatic heterocycles. The van der Waals surface area contributed by atoms with Crippen molar-refractivity contribution < 1.29 is 13.2 Å². The second-order valence-corrected chi connectivity index (χ2v) is 7.38. The van der Waals surface area contributed by atoms with Crippen molar-refractivity contribution >= 4 is 27.3 Å². The molecule has 0 aliphatic carbocycles. The second kappa shape index (κ2) is 6.24. The Bertz CT molecular complexity index is 1140. The Morgan fingerprint density at radius 3 is 2.31 bits per heavy atom. The molecule has 0 radical (unpaired) electrons. The highest BCUT2D eigenvalue weighted by molar-refractivity contribution is 7.90. The van der Waals surface area contributed by atoms with Crippen LogP contribution in [0.25, 0.3) is 0 Å². The monoisotopic (exact) mass is 362 g/mol. The zero-order chi connectivity index (χ0) is 18.1. The van der Waals surface area contributed by atoms with Gasteiger partial charge >= 0.3 is 0 Å². The number of anilines is 1. The number of ketones is 1. The molecule has 0 atom stereocenters. The van der Waals surface area contributed by atoms with Gasteiger partial charge in [0.1, 0.15) is 4.90 Å². The molecular weight excluding hydrogens is 348 g/mol. The Kier molecular flexibility index (Phi) is 3.89. The van der Waals surface area contributed by atoms with Crippen LogP contribution in [0, 0.1) is 0 Å². The van der Waals surface area contributed by atoms with E-state index in [0.717, 1.165) is 0 Å². The minimum absolute atomic E-state index is 0.101. The number of hydrogen-bond donors (Lipinski definition) is 1. The fraction of sp³-hybridized carbons (Fsp3) is 0. The van der Waals surface area contributed by atoms with Crippen molar-refractivity contribution in [3.8, 4) is 0 Å². The standard InChI is InChI=1S/C20H14N2O3S/c23-19(14-7-2-1-3-8-14)15-9-6-10-16(13-15)21-20-17-11-4-5-12-18(17)26(24,25)22-20/h1-13H,(H,21,22). The smallest absolute Gasteiger partial charge is 0.285 e. The predicted octanol–water partition coefficient (Wildman–Crippen LogP) is 3.48. The lowest BCUT2D eigenvalue weighted by molar-refractivity contribution is 0.103. The fourth-order valence-electron chi connectivity index (χ4n) is 2.83. The molecule has 128 valence electrons. The Morgan fingerprint density at radius 1 is 0.808 bits per heavy atom. The van der Waals surface area contributed by atoms with Crippen molar-refractivity contribution in [1.82, 2.24) is 0 Å². The Labute approximate surface area is 151 Å². The summed E-state index contributed by atoms with van der Waals surface area (Å²) in [4.78, 5) is 12.8. The molecule has 0 spiro atoms. The first-order valence-electron chi connectivity index (χ1n) is 7.96. The Hall–Kier alpha value is -3.25. The maximum atomic E-state index is 12.6. The van der Waals surface area contributed by atoms with Crippen molar-refractivity contribution in [2.24, 2.45) is 4.40 Å². The van der Waals surface area contributed by atoms with Gasteiger partial charge in [-0.1, -0.05) is 54.6 Å². The molecule has 5 nitrogen and oxygen atoms in total. The second-order valence-electron chi connectivity index (χ2n) is 5.81. The summed E-state index contributed by atoms with van der Waals surface area (Å²) < 4.78 is 28.1. The third-order valence-electron chi connectivity index (χ3n) is 4.06. The van der Waals surface area contributed by atoms with Gasteiger partial charge in [-0.15, -0.1) is 4.40 Å². The summed E-state index contributed by atoms with van der Waals surface area (Å²) in [5.41, 5.74) is 2.22. The van der Waals surface area contributed by atoms with Crippen molar-refractivity contribution in [1.29, 1.82) is 0 Å². The average molecular weight is 362 g/mol. The van der Waals surface area contributed by atoms with Gasteiger partial charge in [-0.25, -0.2) is 0 Å². The van der Waals surface area contributed by atoms with Gasteiger partial charge in [0.25, 0.3) is 10.0 Å². The van der Waals surface area contributed by atoms with E-state index >= 15 is 0 Å². The number of benzene rings is 3. The molecule has 1 N–H and O–H groups in total. The topological polar surface area (TPSA) is 75.6 Å². The van der Waals surface area contributed by atoms with Gasteiger partial charge in [-0.05, 0) is 24.3 Å². The minimum Gasteiger partial charge on any atom is -0.339 e. The number of fused-ring (bicyclic) bond motifs is 1. The molecule has 26 heavy (non-hydrogen) atoms. The van der Waals surface area contributed by atoms with Crippen LogP contribution in [0.2, 0.25) is 0 Å². The summed E-state index contributed by atoms with van der Waals surface area (Å²) in [5, 5.41) is 3.02. The van der Waals surface area contributed by atoms with Gasteiger partial charge in [-0.3, -0.25) is 4.79 Å². The van der Waals surface area contributed by atoms with Crippen LogP contribution in [0.1, 0.15) is 21.5 Å². The fourth-order valence-corrected chi connectivity index (χ4v) is 4.00. The van der Waals surface area contributed by atoms with Crippen molar-refractivity contribution in [2.45, 2.75) is 4.90 Å². The Morgan fingerprint density at radius 2 is 1.50 bits per heavy atom. The summed E-state index contributed by atoms with van der Waals surface area (Å²) >= 11 is 0. The van der Waals surface area contributed by atoms with Gasteiger partial charge in [0.2, 0.25) is 0 Å². The first-order valence-corrected chi connectivity index (χ1v) is 9.40. The van der Waals surface area contributed by atoms with Gasteiger partial charge in [0, 0.05) is 22.4 Å². The molecular formula is C20H14N2O3S. The molecule has 3 aromatic carbocycles. The van der Waals surface area contributed by atoms with Crippen LogP contribution in [0.3, 0.4) is 0 Å². The predicted molar refractivity (Wildman–Crippen MR) is 100 cm³/mol. The molecule has 1 heterocycles. The van der Waals surface area contributed by atoms with Gasteiger partial charge in [0.05, 0.1) is 0 Å². The minimum atomic E-state index is -3.69. The van der Waals surface area contributed by atoms with E-state index in [-0.39, 0.29) is 16.5 Å². The van der Waals surface area contributed by atoms with Crippen LogP contribution < -0.4 is 5.32 Å². The molecule has 3 aromatic rings. The normalized spacial score (nSPS) is 14.4. The van der Waals surface area contributed by atoms with E-state index < -0.39 is 10.0 Å². The molecule has 0 fully saturated rings. The number of amidine groups is 1. The first kappa shape index (κ1) is 16.2. The summed E-state index contributed by atoms with van der Waals surface area (Å²) in [6.45, 7) is 0. The SMILES string of the molecule is O=C(c1ccccc1)c1cccc(NC2=NS(=O)(=O)c3ccccc32)c1. The third-order valence-corrected chi connectivity index (χ3v) is 5.39. The summed E-state index contributed by atoms with van der Waals surface area (Å²) in [6, 6.07) is 22.5. The zero-order valence-corrected chi connectivity index (χ0v) is 14.4. The lowest BCUT2D eigenvalue weighted by Gasteiger charge is -2.08. The average Bonchev–Trinajstić information content (AvgIpc) is 2.93. The van der Waals surface area contributed by atoms with Gasteiger partial charge in [-0.2, -0.15) is 8.42 Å². The molecule has 0 unspecified atom stereocenters. The van der Waals surface area contributed by atoms with Crippen LogP contribution >= 0.6 is 0 Å². The molecule has 1 aliphatic rings. The number of sulfonamides is 1. The highest BCUT2D eigenvalue weighted by Crippen LogP contribution is 2.27. The molecule has 0 saturated carbocycles. The van der Waals surface area contributed by atoms with Gasteiger partial charge < -0.3 is 5.32 Å². The Balaban J connectivity index is 1.66. The molecule has 0 bridgehead atoms. The van der Waals surface area contributed by atoms with Crippen LogP contribution in [0.4, 0.5) is 5.69 Å². The number of nitrogens with one attached hydrogen (secondary N) is 1. The number of carbonyl (C=O) groups excluding carboxylic acids is 1. The van der Waals surface area contributed by atoms with Crippen LogP contribution in [0.5, 0.6) is 0 Å². The molecule has 6 heteroatoms. The number of carbonyl (C=O) groups is 1. The third kappa shape index (κ3) is 2.91. The van der Waals surface area contributed by atoms with E-state index in [1.807, 2.05) is 18.2 Å². The highest BCUT2D eigenvalue weighted by atomic mass is 32.2. The lowest BCUT2D eigenvalue weighted by atomic mass is 10.0. The quantitative estimate of drug-likeness (QED) is 0.724. The van der Waals surface area contributed by atoms with Crippen molar-refractivity contribution in [3.63, 3.8) is 0 Å². The van der Waals surface area contributed by atoms with Crippen LogP contribution in [0.15, 0.2) is 88.2 Å². The van der Waals surface area contributed by atoms with Gasteiger partial charge in [0.15, 0.2) is 11.6 Å². The van der Waals surface area contributed by atoms with Crippen molar-refractivity contribution in [3.05, 3.63) is 95.6 Å². The zero-order valence-electron chi connectivity index (χ0n) is 13.6. The van der Waals surface area contributed by atoms with Crippen LogP contribution in [-0.4, -0.2) is 20.0 Å². The molecule has 0 amide bonds. The largest absolute Gasteiger partial charge is 0.339 e. The van der Waals surface area contributed by atoms with E-state index in [1.54, 1.807) is 54.6 Å². The van der Waals surface area contributed by atoms with E-state index in [2.05, 4.69) is 9.71 Å². The summed E-state index contributed by atoms with van der Waals surface area (Å²) in [6.07, 6.45) is 0. The van der Waals surface area contributed by atoms with E-state index in [0.29, 0.717) is 22.4 Å². The molecule has 0 saturated heterocycles. The summed E-state index contributed by atoms with van der Waals surface area (Å²) in [5.74, 6) is 0.153. The highest BCUT2D eigenvalue weighted by Gasteiger charge is 2.28. The molecule has 4 rings (SSSR count). The lowest BCUT2D eigenvalue weighted by Crippen LogP contribution is -2.12. The van der Waals surface area contributed by atoms with E-state index in [1.165, 1.54) is 6.07 Å². The maximum absolute atomic E-state index is 12.6. The maximum Gasteiger partial charge on any atom is 0.285 e. The number of rotatable bonds is 3. The van der Waals surface area contributed by atoms with E-state index in [4.69, 9.17) is 0 Å². The van der Waals surface area contributed by atoms with Crippen molar-refractivity contribution in [2.75, 3.05) is 5.32 Å². The molecule has 1 aliphatic heterocycles. The first-order chi connectivity index (χ1) is 12.5. The van der Waals surface area contributed by atoms with Crippen LogP contribution in [-0.2, 0) is 10.0 Å². The number of nitrogens with zero attached hydrogens (tertiary/aromatic N) is 1.